The van der Waals surface area contributed by atoms with Crippen LogP contribution in [0, 0.1) is 0 Å². The normalized spacial score (nSPS) is 19.5. The van der Waals surface area contributed by atoms with Crippen molar-refractivity contribution in [3.05, 3.63) is 12.2 Å². The van der Waals surface area contributed by atoms with E-state index >= 15 is 0 Å². The maximum absolute atomic E-state index is 11.6. The van der Waals surface area contributed by atoms with E-state index in [1.165, 1.54) is 0 Å². The van der Waals surface area contributed by atoms with Crippen LogP contribution in [0.15, 0.2) is 12.2 Å². The van der Waals surface area contributed by atoms with Gasteiger partial charge >= 0.3 is 11.9 Å². The predicted octanol–water partition coefficient (Wildman–Crippen LogP) is 0.0736. The Bertz CT molecular complexity index is 445. The highest BCUT2D eigenvalue weighted by atomic mass is 16.5. The number of hydrogen-bond donors (Lipinski definition) is 0. The number of carbonyl (C=O) groups excluding carboxylic acids is 2. The van der Waals surface area contributed by atoms with Crippen molar-refractivity contribution in [1.29, 1.82) is 0 Å². The van der Waals surface area contributed by atoms with E-state index in [9.17, 15) is 9.59 Å². The summed E-state index contributed by atoms with van der Waals surface area (Å²) in [5, 5.41) is 0. The molecule has 0 radical (unpaired) electrons. The minimum atomic E-state index is -0.525. The van der Waals surface area contributed by atoms with Gasteiger partial charge in [0.1, 0.15) is 6.61 Å². The van der Waals surface area contributed by atoms with Gasteiger partial charge in [-0.1, -0.05) is 0 Å². The smallest absolute Gasteiger partial charge is 0.331 e. The van der Waals surface area contributed by atoms with Crippen LogP contribution in [0.25, 0.3) is 0 Å². The molecule has 2 aliphatic heterocycles. The van der Waals surface area contributed by atoms with Crippen molar-refractivity contribution in [3.63, 3.8) is 0 Å². The maximum Gasteiger partial charge on any atom is 0.331 e. The fraction of sp³-hybridized carbons (Fsp3) is 0.778. The summed E-state index contributed by atoms with van der Waals surface area (Å²) in [6.07, 6.45) is 4.02. The third kappa shape index (κ3) is 9.28. The number of carbonyl (C=O) groups is 2. The highest BCUT2D eigenvalue weighted by molar-refractivity contribution is 5.91. The highest BCUT2D eigenvalue weighted by Gasteiger charge is 2.11. The summed E-state index contributed by atoms with van der Waals surface area (Å²) < 4.78 is 20.7. The molecular formula is C18H30N2O6. The van der Waals surface area contributed by atoms with Crippen molar-refractivity contribution in [2.45, 2.75) is 12.8 Å². The second-order valence-electron chi connectivity index (χ2n) is 6.28. The van der Waals surface area contributed by atoms with Gasteiger partial charge in [0.05, 0.1) is 33.0 Å². The molecule has 8 nitrogen and oxygen atoms in total. The SMILES string of the molecule is O=C(/C=C/C(=O)OCCN1CCOCC1)OCCCCN1CCOCC1. The van der Waals surface area contributed by atoms with Crippen molar-refractivity contribution in [2.24, 2.45) is 0 Å². The Labute approximate surface area is 155 Å². The van der Waals surface area contributed by atoms with Gasteiger partial charge in [-0.25, -0.2) is 9.59 Å². The van der Waals surface area contributed by atoms with Crippen LogP contribution in [-0.4, -0.2) is 101 Å². The van der Waals surface area contributed by atoms with Crippen molar-refractivity contribution < 1.29 is 28.5 Å². The first-order chi connectivity index (χ1) is 12.7. The molecule has 2 rings (SSSR count). The fourth-order valence-corrected chi connectivity index (χ4v) is 2.77. The highest BCUT2D eigenvalue weighted by Crippen LogP contribution is 2.01. The van der Waals surface area contributed by atoms with Crippen LogP contribution in [0.5, 0.6) is 0 Å². The summed E-state index contributed by atoms with van der Waals surface area (Å²) in [7, 11) is 0. The van der Waals surface area contributed by atoms with Gasteiger partial charge in [-0.3, -0.25) is 9.80 Å². The van der Waals surface area contributed by atoms with Crippen molar-refractivity contribution in [3.8, 4) is 0 Å². The quantitative estimate of drug-likeness (QED) is 0.304. The van der Waals surface area contributed by atoms with E-state index in [4.69, 9.17) is 18.9 Å². The Hall–Kier alpha value is -1.48. The third-order valence-corrected chi connectivity index (χ3v) is 4.33. The molecule has 2 fully saturated rings. The second kappa shape index (κ2) is 12.8. The zero-order valence-electron chi connectivity index (χ0n) is 15.4. The van der Waals surface area contributed by atoms with Gasteiger partial charge in [0, 0.05) is 44.9 Å². The van der Waals surface area contributed by atoms with Gasteiger partial charge in [0.2, 0.25) is 0 Å². The summed E-state index contributed by atoms with van der Waals surface area (Å²) in [5.74, 6) is -1.04. The molecule has 2 saturated heterocycles. The van der Waals surface area contributed by atoms with Crippen LogP contribution in [0.4, 0.5) is 0 Å². The van der Waals surface area contributed by atoms with Crippen LogP contribution < -0.4 is 0 Å². The van der Waals surface area contributed by atoms with Gasteiger partial charge < -0.3 is 18.9 Å². The molecule has 0 unspecified atom stereocenters. The molecule has 8 heteroatoms. The molecule has 0 atom stereocenters. The average molecular weight is 370 g/mol. The lowest BCUT2D eigenvalue weighted by molar-refractivity contribution is -0.141. The van der Waals surface area contributed by atoms with E-state index in [1.54, 1.807) is 0 Å². The average Bonchev–Trinajstić information content (AvgIpc) is 2.68. The first kappa shape index (κ1) is 20.8. The molecule has 0 aliphatic carbocycles. The summed E-state index contributed by atoms with van der Waals surface area (Å²) >= 11 is 0. The molecule has 0 saturated carbocycles. The zero-order chi connectivity index (χ0) is 18.5. The monoisotopic (exact) mass is 370 g/mol. The van der Waals surface area contributed by atoms with Crippen LogP contribution >= 0.6 is 0 Å². The third-order valence-electron chi connectivity index (χ3n) is 4.33. The molecule has 0 aromatic carbocycles. The molecule has 0 aromatic heterocycles. The number of unbranched alkanes of at least 4 members (excludes halogenated alkanes) is 1. The summed E-state index contributed by atoms with van der Waals surface area (Å²) in [5.41, 5.74) is 0. The summed E-state index contributed by atoms with van der Waals surface area (Å²) in [4.78, 5) is 27.7. The summed E-state index contributed by atoms with van der Waals surface area (Å²) in [6, 6.07) is 0. The Morgan fingerprint density at radius 2 is 1.23 bits per heavy atom. The lowest BCUT2D eigenvalue weighted by Crippen LogP contribution is -2.38. The molecule has 0 amide bonds. The molecule has 0 spiro atoms. The molecule has 0 N–H and O–H groups in total. The minimum absolute atomic E-state index is 0.305. The standard InChI is InChI=1S/C18H30N2O6/c21-17(25-11-2-1-5-19-6-12-23-13-7-19)3-4-18(22)26-16-10-20-8-14-24-15-9-20/h3-4H,1-2,5-16H2/b4-3+. The number of ether oxygens (including phenoxy) is 4. The molecule has 0 bridgehead atoms. The molecule has 26 heavy (non-hydrogen) atoms. The number of rotatable bonds is 10. The van der Waals surface area contributed by atoms with Crippen LogP contribution in [0.3, 0.4) is 0 Å². The van der Waals surface area contributed by atoms with Crippen LogP contribution in [-0.2, 0) is 28.5 Å². The van der Waals surface area contributed by atoms with E-state index in [2.05, 4.69) is 9.80 Å². The number of morpholine rings is 2. The minimum Gasteiger partial charge on any atom is -0.463 e. The van der Waals surface area contributed by atoms with E-state index in [0.29, 0.717) is 33.0 Å². The van der Waals surface area contributed by atoms with Crippen molar-refractivity contribution in [1.82, 2.24) is 9.80 Å². The molecule has 2 heterocycles. The Morgan fingerprint density at radius 1 is 0.731 bits per heavy atom. The maximum atomic E-state index is 11.6. The largest absolute Gasteiger partial charge is 0.463 e. The first-order valence-electron chi connectivity index (χ1n) is 9.36. The lowest BCUT2D eigenvalue weighted by Gasteiger charge is -2.26. The first-order valence-corrected chi connectivity index (χ1v) is 9.36. The van der Waals surface area contributed by atoms with Crippen molar-refractivity contribution >= 4 is 11.9 Å². The zero-order valence-corrected chi connectivity index (χ0v) is 15.4. The Kier molecular flexibility index (Phi) is 10.3. The van der Waals surface area contributed by atoms with Crippen molar-refractivity contribution in [2.75, 3.05) is 78.9 Å². The Balaban J connectivity index is 1.45. The predicted molar refractivity (Wildman–Crippen MR) is 94.8 cm³/mol. The van der Waals surface area contributed by atoms with Gasteiger partial charge in [-0.2, -0.15) is 0 Å². The molecule has 0 aromatic rings. The van der Waals surface area contributed by atoms with E-state index in [-0.39, 0.29) is 0 Å². The van der Waals surface area contributed by atoms with Gasteiger partial charge in [-0.15, -0.1) is 0 Å². The molecule has 148 valence electrons. The van der Waals surface area contributed by atoms with Gasteiger partial charge in [0.25, 0.3) is 0 Å². The van der Waals surface area contributed by atoms with E-state index < -0.39 is 11.9 Å². The van der Waals surface area contributed by atoms with E-state index in [1.807, 2.05) is 0 Å². The number of esters is 2. The second-order valence-corrected chi connectivity index (χ2v) is 6.28. The van der Waals surface area contributed by atoms with E-state index in [0.717, 1.165) is 70.9 Å². The molecule has 2 aliphatic rings. The van der Waals surface area contributed by atoms with Gasteiger partial charge in [-0.05, 0) is 19.4 Å². The number of nitrogens with zero attached hydrogens (tertiary/aromatic N) is 2. The lowest BCUT2D eigenvalue weighted by atomic mass is 10.3. The topological polar surface area (TPSA) is 77.5 Å². The summed E-state index contributed by atoms with van der Waals surface area (Å²) in [6.45, 7) is 8.99. The van der Waals surface area contributed by atoms with Crippen LogP contribution in [0.1, 0.15) is 12.8 Å². The Morgan fingerprint density at radius 3 is 1.81 bits per heavy atom. The van der Waals surface area contributed by atoms with Crippen LogP contribution in [0.2, 0.25) is 0 Å². The molecular weight excluding hydrogens is 340 g/mol. The fourth-order valence-electron chi connectivity index (χ4n) is 2.77. The number of hydrogen-bond acceptors (Lipinski definition) is 8. The van der Waals surface area contributed by atoms with Gasteiger partial charge in [0.15, 0.2) is 0 Å².